The number of alkyl carbamates (subject to hydrolysis) is 1. The molecule has 2 bridgehead atoms. The number of para-hydroxylation sites is 1. The lowest BCUT2D eigenvalue weighted by molar-refractivity contribution is -0.265. The number of nitrogen functional groups attached to an aromatic ring is 1. The summed E-state index contributed by atoms with van der Waals surface area (Å²) >= 11 is 0. The van der Waals surface area contributed by atoms with Crippen LogP contribution >= 0.6 is 0 Å². The number of imidazole rings is 1. The SMILES string of the molecule is COc1cccc2cc(-c3nc(C4CCC(C(=O)NCCOCCOCCOCCOCCOCCOCCOCCOCCOCCNC(=O)O[C@@H]5CC[C@@H](C[C@@H](N)[C@@H]6C[C@@H](O)[C@H](C)/C=C(\C)[C@@H](O)[C@@H](O)C(=O)[C@H](C)C[C@H](C)/C=C/C=C/C=C(\C)[C@@H](OC)C[C@@H]7CC[C@@H](C)[C@@](O)(O7)C(=O)C(=O)N7CCCC[C@H]7C(=O)O6)C[C@H]5OC)CC4)n4ncnc(N)c34)[nH]c12. The van der Waals surface area contributed by atoms with Crippen LogP contribution in [0.2, 0.25) is 0 Å². The van der Waals surface area contributed by atoms with Crippen LogP contribution in [0.25, 0.3) is 27.8 Å². The zero-order chi connectivity index (χ0) is 90.5. The number of rotatable bonds is 40. The monoisotopic (exact) mass is 1770 g/mol. The van der Waals surface area contributed by atoms with Crippen molar-refractivity contribution < 1.29 is 120 Å². The number of cyclic esters (lactones) is 1. The minimum atomic E-state index is -2.50. The number of aliphatic hydroxyl groups is 4. The number of piperidine rings is 1. The number of hydrogen-bond acceptors (Lipinski definition) is 30. The Morgan fingerprint density at radius 1 is 0.683 bits per heavy atom. The zero-order valence-electron chi connectivity index (χ0n) is 75.1. The Kier molecular flexibility index (Phi) is 43.2. The molecule has 35 nitrogen and oxygen atoms in total. The molecule has 3 aromatic heterocycles. The smallest absolute Gasteiger partial charge is 0.407 e. The molecule has 3 aliphatic heterocycles. The average Bonchev–Trinajstić information content (AvgIpc) is 1.57. The van der Waals surface area contributed by atoms with E-state index in [4.69, 9.17) is 87.5 Å². The second-order valence-corrected chi connectivity index (χ2v) is 33.8. The van der Waals surface area contributed by atoms with Crippen molar-refractivity contribution in [2.45, 2.75) is 217 Å². The van der Waals surface area contributed by atoms with Crippen LogP contribution in [0, 0.1) is 35.5 Å². The summed E-state index contributed by atoms with van der Waals surface area (Å²) < 4.78 is 88.0. The summed E-state index contributed by atoms with van der Waals surface area (Å²) in [6.45, 7) is 17.9. The fourth-order valence-electron chi connectivity index (χ4n) is 17.1. The number of methoxy groups -OCH3 is 3. The van der Waals surface area contributed by atoms with E-state index in [1.165, 1.54) is 13.4 Å². The third kappa shape index (κ3) is 30.7. The number of ketones is 2. The van der Waals surface area contributed by atoms with E-state index in [9.17, 15) is 49.2 Å². The van der Waals surface area contributed by atoms with Crippen molar-refractivity contribution in [1.82, 2.24) is 40.1 Å². The van der Waals surface area contributed by atoms with E-state index >= 15 is 0 Å². The Morgan fingerprint density at radius 2 is 1.30 bits per heavy atom. The standard InChI is InChI=1S/C91H140N10O25/c1-58-16-11-10-12-17-59(2)75(113-8)55-68-27-21-63(6)91(111,126-68)84(106)88(108)100-31-14-13-19-71(100)89(109)124-76(56-72(102)60(3)51-62(5)82(104)83(105)81(103)61(4)50-58)69(92)52-64-22-28-73(77(53-64)114-9)125-90(110)95-30-33-116-35-37-118-39-41-120-43-45-122-47-49-123-48-46-121-44-42-119-40-38-117-36-34-115-32-29-94-87(107)66-25-23-65(24-26-66)86-99-79(80-85(93)96-57-97-101(80)86)70-54-67-18-15-20-74(112-7)78(67)98-70/h10-12,15-18,20,51,54,57-58,60-61,63-66,68-69,71-73,75-77,82-83,98,102,104-105,111H,13-14,19,21-50,52-53,55-56,92H2,1-9H3,(H,94,107)(H,95,110)(H2,93,96,97)/b12-10+,16-11+,59-17+,62-51+/t58-,60-,61-,63-,64+,65?,66?,68+,69-,71+,72-,73-,75+,76+,77-,82-,83+,91-/m1/s1. The predicted octanol–water partition coefficient (Wildman–Crippen LogP) is 7.16. The maximum atomic E-state index is 14.7. The van der Waals surface area contributed by atoms with Crippen LogP contribution in [-0.4, -0.2) is 312 Å². The molecular formula is C91H140N10O25. The minimum Gasteiger partial charge on any atom is -0.495 e. The fraction of sp³-hybridized carbons (Fsp3) is 0.703. The van der Waals surface area contributed by atoms with Gasteiger partial charge in [-0.05, 0) is 139 Å². The summed E-state index contributed by atoms with van der Waals surface area (Å²) in [4.78, 5) is 97.3. The first kappa shape index (κ1) is 102. The molecule has 0 spiro atoms. The molecule has 9 rings (SSSR count). The summed E-state index contributed by atoms with van der Waals surface area (Å²) in [5.41, 5.74) is 17.5. The number of aromatic nitrogens is 5. The van der Waals surface area contributed by atoms with E-state index in [0.29, 0.717) is 181 Å². The number of nitrogens with zero attached hydrogens (tertiary/aromatic N) is 5. The maximum Gasteiger partial charge on any atom is 0.407 e. The third-order valence-corrected chi connectivity index (χ3v) is 24.5. The van der Waals surface area contributed by atoms with Gasteiger partial charge in [-0.25, -0.2) is 24.1 Å². The first-order valence-corrected chi connectivity index (χ1v) is 45.0. The van der Waals surface area contributed by atoms with Crippen LogP contribution < -0.4 is 26.8 Å². The highest BCUT2D eigenvalue weighted by molar-refractivity contribution is 6.39. The molecule has 2 aliphatic carbocycles. The molecule has 16 atom stereocenters. The van der Waals surface area contributed by atoms with Gasteiger partial charge in [0.1, 0.15) is 59.6 Å². The van der Waals surface area contributed by atoms with Crippen LogP contribution in [-0.2, 0) is 90.3 Å². The lowest BCUT2D eigenvalue weighted by atomic mass is 9.80. The number of fused-ring (bicyclic) bond motifs is 5. The van der Waals surface area contributed by atoms with Crippen LogP contribution in [0.4, 0.5) is 10.6 Å². The molecule has 704 valence electrons. The summed E-state index contributed by atoms with van der Waals surface area (Å²) in [5.74, 6) is -6.58. The van der Waals surface area contributed by atoms with Gasteiger partial charge in [-0.1, -0.05) is 76.3 Å². The number of H-pyrrole nitrogens is 1. The first-order valence-electron chi connectivity index (χ1n) is 45.0. The van der Waals surface area contributed by atoms with Gasteiger partial charge in [-0.2, -0.15) is 5.10 Å². The van der Waals surface area contributed by atoms with Crippen molar-refractivity contribution in [3.8, 4) is 17.1 Å². The summed E-state index contributed by atoms with van der Waals surface area (Å²) in [5, 5.41) is 57.9. The lowest BCUT2D eigenvalue weighted by Crippen LogP contribution is -2.61. The van der Waals surface area contributed by atoms with E-state index in [1.807, 2.05) is 68.5 Å². The summed E-state index contributed by atoms with van der Waals surface area (Å²) in [7, 11) is 4.72. The number of anilines is 1. The number of aliphatic hydroxyl groups excluding tert-OH is 3. The largest absolute Gasteiger partial charge is 0.495 e. The van der Waals surface area contributed by atoms with Gasteiger partial charge in [-0.15, -0.1) is 0 Å². The molecule has 126 heavy (non-hydrogen) atoms. The van der Waals surface area contributed by atoms with Crippen molar-refractivity contribution in [3.05, 3.63) is 84.0 Å². The first-order chi connectivity index (χ1) is 60.8. The van der Waals surface area contributed by atoms with Gasteiger partial charge in [0.2, 0.25) is 11.7 Å². The number of carbonyl (C=O) groups excluding carboxylic acids is 6. The summed E-state index contributed by atoms with van der Waals surface area (Å²) in [6, 6.07) is 5.73. The number of hydrogen-bond donors (Lipinski definition) is 9. The number of Topliss-reactive ketones (excluding diaryl/α,β-unsaturated/α-hetero) is 2. The maximum absolute atomic E-state index is 14.7. The number of ether oxygens (including phenoxy) is 15. The van der Waals surface area contributed by atoms with Crippen LogP contribution in [0.3, 0.4) is 0 Å². The molecule has 4 aromatic rings. The van der Waals surface area contributed by atoms with E-state index in [-0.39, 0.29) is 87.1 Å². The molecule has 0 radical (unpaired) electrons. The van der Waals surface area contributed by atoms with Gasteiger partial charge in [0.15, 0.2) is 11.6 Å². The quantitative estimate of drug-likeness (QED) is 0.00922. The minimum absolute atomic E-state index is 0.0160. The van der Waals surface area contributed by atoms with Gasteiger partial charge in [-0.3, -0.25) is 19.2 Å². The highest BCUT2D eigenvalue weighted by Gasteiger charge is 2.53. The van der Waals surface area contributed by atoms with Gasteiger partial charge >= 0.3 is 12.1 Å². The zero-order valence-corrected chi connectivity index (χ0v) is 75.1. The number of nitrogens with two attached hydrogens (primary N) is 2. The molecule has 2 saturated heterocycles. The van der Waals surface area contributed by atoms with Crippen molar-refractivity contribution >= 4 is 57.7 Å². The Morgan fingerprint density at radius 3 is 1.91 bits per heavy atom. The average molecular weight is 1770 g/mol. The number of carbonyl (C=O) groups is 6. The molecule has 35 heteroatoms. The second-order valence-electron chi connectivity index (χ2n) is 33.8. The van der Waals surface area contributed by atoms with Crippen LogP contribution in [0.1, 0.15) is 156 Å². The van der Waals surface area contributed by atoms with Gasteiger partial charge < -0.3 is 123 Å². The van der Waals surface area contributed by atoms with E-state index in [2.05, 4.69) is 25.7 Å². The second kappa shape index (κ2) is 53.4. The molecule has 2 saturated carbocycles. The molecule has 11 N–H and O–H groups in total. The highest BCUT2D eigenvalue weighted by Crippen LogP contribution is 2.42. The molecule has 5 aliphatic rings. The van der Waals surface area contributed by atoms with Gasteiger partial charge in [0, 0.05) is 87.7 Å². The number of esters is 1. The molecule has 4 fully saturated rings. The van der Waals surface area contributed by atoms with Gasteiger partial charge in [0.25, 0.3) is 11.7 Å². The Hall–Kier alpha value is -7.79. The van der Waals surface area contributed by atoms with Crippen molar-refractivity contribution in [3.63, 3.8) is 0 Å². The number of amides is 3. The van der Waals surface area contributed by atoms with E-state index < -0.39 is 114 Å². The summed E-state index contributed by atoms with van der Waals surface area (Å²) in [6.07, 6.45) is 10.7. The molecule has 1 aromatic carbocycles. The van der Waals surface area contributed by atoms with Crippen LogP contribution in [0.15, 0.2) is 78.2 Å². The topological polar surface area (TPSA) is 460 Å². The Balaban J connectivity index is 0.577. The highest BCUT2D eigenvalue weighted by atomic mass is 16.6. The predicted molar refractivity (Wildman–Crippen MR) is 467 cm³/mol. The van der Waals surface area contributed by atoms with E-state index in [0.717, 1.165) is 64.3 Å². The van der Waals surface area contributed by atoms with Crippen molar-refractivity contribution in [1.29, 1.82) is 0 Å². The van der Waals surface area contributed by atoms with Crippen molar-refractivity contribution in [2.24, 2.45) is 41.2 Å². The third-order valence-electron chi connectivity index (χ3n) is 24.5. The number of aromatic amines is 1. The fourth-order valence-corrected chi connectivity index (χ4v) is 17.1. The number of benzene rings is 1. The molecule has 0 unspecified atom stereocenters. The van der Waals surface area contributed by atoms with Gasteiger partial charge in [0.05, 0.1) is 162 Å². The number of nitrogens with one attached hydrogen (secondary N) is 3. The normalized spacial score (nSPS) is 29.0. The molecule has 6 heterocycles. The Bertz CT molecular complexity index is 4130. The van der Waals surface area contributed by atoms with Crippen molar-refractivity contribution in [2.75, 3.05) is 166 Å². The molecular weight excluding hydrogens is 1630 g/mol. The van der Waals surface area contributed by atoms with E-state index in [1.54, 1.807) is 52.5 Å². The van der Waals surface area contributed by atoms with Crippen LogP contribution in [0.5, 0.6) is 5.75 Å². The lowest BCUT2D eigenvalue weighted by Gasteiger charge is -2.42. The Labute approximate surface area is 739 Å². The molecule has 3 amide bonds. The number of allylic oxidation sites excluding steroid dienone is 5.